The Hall–Kier alpha value is -0.950. The second-order valence-corrected chi connectivity index (χ2v) is 11.5. The molecule has 0 aromatic heterocycles. The number of thiocarbonyl (C=S) groups is 1. The summed E-state index contributed by atoms with van der Waals surface area (Å²) >= 11 is 23.6. The summed E-state index contributed by atoms with van der Waals surface area (Å²) in [5, 5.41) is 8.88. The highest BCUT2D eigenvalue weighted by molar-refractivity contribution is 7.80. The van der Waals surface area contributed by atoms with E-state index in [1.807, 2.05) is 31.2 Å². The van der Waals surface area contributed by atoms with E-state index in [9.17, 15) is 4.79 Å². The lowest BCUT2D eigenvalue weighted by Crippen LogP contribution is -2.56. The molecule has 3 N–H and O–H groups in total. The summed E-state index contributed by atoms with van der Waals surface area (Å²) in [6, 6.07) is 7.32. The molecule has 0 aliphatic carbocycles. The largest absolute Gasteiger partial charge is 0.494 e. The molecule has 0 heterocycles. The van der Waals surface area contributed by atoms with Gasteiger partial charge in [-0.05, 0) is 49.8 Å². The first-order chi connectivity index (χ1) is 16.8. The molecule has 1 amide bonds. The van der Waals surface area contributed by atoms with Gasteiger partial charge in [-0.15, -0.1) is 0 Å². The molecular weight excluding hydrogens is 525 g/mol. The number of benzene rings is 1. The number of ether oxygens (including phenoxy) is 1. The minimum absolute atomic E-state index is 0.176. The zero-order chi connectivity index (χ0) is 25.9. The van der Waals surface area contributed by atoms with Gasteiger partial charge < -0.3 is 20.7 Å². The minimum atomic E-state index is -1.77. The molecule has 5 nitrogen and oxygen atoms in total. The Morgan fingerprint density at radius 3 is 1.86 bits per heavy atom. The van der Waals surface area contributed by atoms with Crippen LogP contribution in [0.5, 0.6) is 5.75 Å². The van der Waals surface area contributed by atoms with Crippen molar-refractivity contribution in [3.8, 4) is 5.75 Å². The van der Waals surface area contributed by atoms with E-state index in [1.165, 1.54) is 57.8 Å². The number of rotatable bonds is 18. The van der Waals surface area contributed by atoms with Crippen LogP contribution < -0.4 is 20.7 Å². The van der Waals surface area contributed by atoms with Gasteiger partial charge in [0.05, 0.1) is 6.61 Å². The van der Waals surface area contributed by atoms with E-state index in [1.54, 1.807) is 0 Å². The quantitative estimate of drug-likeness (QED) is 0.0722. The fourth-order valence-corrected chi connectivity index (χ4v) is 4.22. The van der Waals surface area contributed by atoms with Gasteiger partial charge in [-0.3, -0.25) is 4.79 Å². The summed E-state index contributed by atoms with van der Waals surface area (Å²) in [6.45, 7) is 4.77. The number of carbonyl (C=O) groups excluding carboxylic acids is 1. The van der Waals surface area contributed by atoms with E-state index in [2.05, 4.69) is 22.9 Å². The third kappa shape index (κ3) is 16.4. The van der Waals surface area contributed by atoms with E-state index in [-0.39, 0.29) is 11.0 Å². The molecule has 0 fully saturated rings. The Kier molecular flexibility index (Phi) is 17.6. The number of halogens is 3. The van der Waals surface area contributed by atoms with Crippen LogP contribution in [0.1, 0.15) is 97.3 Å². The number of amides is 1. The van der Waals surface area contributed by atoms with Crippen LogP contribution in [0.25, 0.3) is 0 Å². The van der Waals surface area contributed by atoms with Gasteiger partial charge in [-0.1, -0.05) is 112 Å². The molecule has 9 heteroatoms. The number of unbranched alkanes of at least 4 members (excludes halogenated alkanes) is 11. The SMILES string of the molecule is CCCCCCCCCCCCCCC(=O)N[C@@H](NC(=S)Nc1ccc(OCC)cc1)C(Cl)(Cl)Cl. The van der Waals surface area contributed by atoms with Crippen LogP contribution in [0.15, 0.2) is 24.3 Å². The van der Waals surface area contributed by atoms with Crippen molar-refractivity contribution >= 4 is 63.7 Å². The first-order valence-corrected chi connectivity index (χ1v) is 14.5. The van der Waals surface area contributed by atoms with Gasteiger partial charge in [-0.2, -0.15) is 0 Å². The maximum atomic E-state index is 12.4. The van der Waals surface area contributed by atoms with Gasteiger partial charge in [-0.25, -0.2) is 0 Å². The van der Waals surface area contributed by atoms with Gasteiger partial charge in [0.1, 0.15) is 11.9 Å². The van der Waals surface area contributed by atoms with Gasteiger partial charge in [0.15, 0.2) is 5.11 Å². The van der Waals surface area contributed by atoms with E-state index < -0.39 is 9.96 Å². The summed E-state index contributed by atoms with van der Waals surface area (Å²) in [7, 11) is 0. The molecule has 0 saturated heterocycles. The fourth-order valence-electron chi connectivity index (χ4n) is 3.66. The highest BCUT2D eigenvalue weighted by Gasteiger charge is 2.34. The molecule has 1 aromatic carbocycles. The zero-order valence-electron chi connectivity index (χ0n) is 21.1. The third-order valence-electron chi connectivity index (χ3n) is 5.59. The third-order valence-corrected chi connectivity index (χ3v) is 6.46. The molecular formula is C26H42Cl3N3O2S. The van der Waals surface area contributed by atoms with Gasteiger partial charge in [0.25, 0.3) is 0 Å². The van der Waals surface area contributed by atoms with Crippen LogP contribution in [0.2, 0.25) is 0 Å². The van der Waals surface area contributed by atoms with E-state index in [4.69, 9.17) is 51.8 Å². The van der Waals surface area contributed by atoms with Crippen molar-refractivity contribution in [2.24, 2.45) is 0 Å². The summed E-state index contributed by atoms with van der Waals surface area (Å²) in [5.41, 5.74) is 0.747. The zero-order valence-corrected chi connectivity index (χ0v) is 24.2. The maximum Gasteiger partial charge on any atom is 0.228 e. The summed E-state index contributed by atoms with van der Waals surface area (Å²) in [6.07, 6.45) is 14.3. The Bertz CT molecular complexity index is 715. The monoisotopic (exact) mass is 565 g/mol. The number of nitrogens with one attached hydrogen (secondary N) is 3. The Labute approximate surface area is 232 Å². The van der Waals surface area contributed by atoms with Crippen molar-refractivity contribution in [2.75, 3.05) is 11.9 Å². The van der Waals surface area contributed by atoms with Crippen LogP contribution in [0, 0.1) is 0 Å². The molecule has 1 atom stereocenters. The average Bonchev–Trinajstić information content (AvgIpc) is 2.80. The fraction of sp³-hybridized carbons (Fsp3) is 0.692. The van der Waals surface area contributed by atoms with Crippen LogP contribution in [-0.2, 0) is 4.79 Å². The number of alkyl halides is 3. The van der Waals surface area contributed by atoms with E-state index >= 15 is 0 Å². The lowest BCUT2D eigenvalue weighted by atomic mass is 10.0. The van der Waals surface area contributed by atoms with Crippen molar-refractivity contribution in [3.05, 3.63) is 24.3 Å². The Morgan fingerprint density at radius 2 is 1.37 bits per heavy atom. The highest BCUT2D eigenvalue weighted by atomic mass is 35.6. The molecule has 1 rings (SSSR count). The lowest BCUT2D eigenvalue weighted by molar-refractivity contribution is -0.122. The molecule has 1 aromatic rings. The molecule has 0 aliphatic heterocycles. The van der Waals surface area contributed by atoms with Crippen molar-refractivity contribution in [1.82, 2.24) is 10.6 Å². The van der Waals surface area contributed by atoms with Gasteiger partial charge in [0.2, 0.25) is 9.70 Å². The first-order valence-electron chi connectivity index (χ1n) is 12.9. The predicted octanol–water partition coefficient (Wildman–Crippen LogP) is 8.28. The van der Waals surface area contributed by atoms with Crippen LogP contribution in [-0.4, -0.2) is 27.6 Å². The van der Waals surface area contributed by atoms with E-state index in [0.717, 1.165) is 30.7 Å². The highest BCUT2D eigenvalue weighted by Crippen LogP contribution is 2.29. The van der Waals surface area contributed by atoms with Crippen LogP contribution >= 0.6 is 47.0 Å². The molecule has 35 heavy (non-hydrogen) atoms. The molecule has 0 saturated carbocycles. The standard InChI is InChI=1S/C26H42Cl3N3O2S/c1-3-5-6-7-8-9-10-11-12-13-14-15-16-23(33)31-24(26(27,28)29)32-25(35)30-21-17-19-22(20-18-21)34-4-2/h17-20,24H,3-16H2,1-2H3,(H,31,33)(H2,30,32,35)/t24-/m0/s1. The number of carbonyl (C=O) groups is 1. The first kappa shape index (κ1) is 32.1. The number of hydrogen-bond donors (Lipinski definition) is 3. The second-order valence-electron chi connectivity index (χ2n) is 8.74. The molecule has 0 aliphatic rings. The van der Waals surface area contributed by atoms with Crippen molar-refractivity contribution in [3.63, 3.8) is 0 Å². The van der Waals surface area contributed by atoms with E-state index in [0.29, 0.717) is 13.0 Å². The molecule has 0 unspecified atom stereocenters. The topological polar surface area (TPSA) is 62.4 Å². The average molecular weight is 567 g/mol. The number of hydrogen-bond acceptors (Lipinski definition) is 3. The second kappa shape index (κ2) is 19.2. The molecule has 0 bridgehead atoms. The lowest BCUT2D eigenvalue weighted by Gasteiger charge is -2.27. The molecule has 0 radical (unpaired) electrons. The summed E-state index contributed by atoms with van der Waals surface area (Å²) < 4.78 is 3.66. The van der Waals surface area contributed by atoms with Crippen LogP contribution in [0.3, 0.4) is 0 Å². The van der Waals surface area contributed by atoms with Crippen molar-refractivity contribution in [1.29, 1.82) is 0 Å². The van der Waals surface area contributed by atoms with Crippen molar-refractivity contribution < 1.29 is 9.53 Å². The molecule has 0 spiro atoms. The predicted molar refractivity (Wildman–Crippen MR) is 155 cm³/mol. The Morgan fingerprint density at radius 1 is 0.857 bits per heavy atom. The minimum Gasteiger partial charge on any atom is -0.494 e. The maximum absolute atomic E-state index is 12.4. The van der Waals surface area contributed by atoms with Crippen molar-refractivity contribution in [2.45, 2.75) is 107 Å². The summed E-state index contributed by atoms with van der Waals surface area (Å²) in [5.74, 6) is 0.589. The smallest absolute Gasteiger partial charge is 0.228 e. The summed E-state index contributed by atoms with van der Waals surface area (Å²) in [4.78, 5) is 12.4. The molecule has 200 valence electrons. The van der Waals surface area contributed by atoms with Crippen LogP contribution in [0.4, 0.5) is 5.69 Å². The Balaban J connectivity index is 2.25. The number of anilines is 1. The normalized spacial score (nSPS) is 12.1. The van der Waals surface area contributed by atoms with Gasteiger partial charge in [0, 0.05) is 12.1 Å². The van der Waals surface area contributed by atoms with Gasteiger partial charge >= 0.3 is 0 Å².